The molecular weight excluding hydrogens is 471 g/mol. The van der Waals surface area contributed by atoms with E-state index in [9.17, 15) is 31.5 Å². The fourth-order valence-electron chi connectivity index (χ4n) is 3.29. The predicted molar refractivity (Wildman–Crippen MR) is 111 cm³/mol. The number of hydrogen-bond donors (Lipinski definition) is 1. The Kier molecular flexibility index (Phi) is 5.25. The number of halogens is 4. The number of fused-ring (bicyclic) bond motifs is 1. The molecule has 0 unspecified atom stereocenters. The zero-order valence-corrected chi connectivity index (χ0v) is 17.5. The van der Waals surface area contributed by atoms with Crippen LogP contribution in [-0.4, -0.2) is 33.2 Å². The van der Waals surface area contributed by atoms with Gasteiger partial charge in [0.2, 0.25) is 5.88 Å². The van der Waals surface area contributed by atoms with Gasteiger partial charge in [-0.15, -0.1) is 0 Å². The molecule has 12 heteroatoms. The third kappa shape index (κ3) is 3.63. The Labute approximate surface area is 183 Å². The number of imidazole rings is 1. The number of pyridine rings is 1. The van der Waals surface area contributed by atoms with Crippen LogP contribution in [0.2, 0.25) is 5.02 Å². The van der Waals surface area contributed by atoms with Gasteiger partial charge in [-0.25, -0.2) is 17.8 Å². The third-order valence-electron chi connectivity index (χ3n) is 4.79. The molecule has 0 amide bonds. The minimum atomic E-state index is -5.53. The normalized spacial score (nSPS) is 12.4. The van der Waals surface area contributed by atoms with Crippen LogP contribution in [0.1, 0.15) is 5.56 Å². The summed E-state index contributed by atoms with van der Waals surface area (Å²) in [5.74, 6) is -0.481. The van der Waals surface area contributed by atoms with Crippen LogP contribution in [-0.2, 0) is 16.4 Å². The summed E-state index contributed by atoms with van der Waals surface area (Å²) in [5, 5.41) is 11.3. The summed E-state index contributed by atoms with van der Waals surface area (Å²) >= 11 is 6.27. The molecule has 2 aromatic heterocycles. The highest BCUT2D eigenvalue weighted by Gasteiger charge is 2.46. The smallest absolute Gasteiger partial charge is 0.493 e. The summed E-state index contributed by atoms with van der Waals surface area (Å²) in [6.07, 6.45) is 2.71. The van der Waals surface area contributed by atoms with Crippen molar-refractivity contribution in [1.29, 1.82) is 0 Å². The van der Waals surface area contributed by atoms with E-state index in [0.717, 1.165) is 35.0 Å². The first kappa shape index (κ1) is 21.9. The van der Waals surface area contributed by atoms with Crippen LogP contribution < -0.4 is 5.69 Å². The molecule has 4 aromatic rings. The zero-order valence-electron chi connectivity index (χ0n) is 15.9. The molecule has 0 spiro atoms. The average Bonchev–Trinajstić information content (AvgIpc) is 3.00. The van der Waals surface area contributed by atoms with E-state index in [1.807, 2.05) is 0 Å². The molecule has 166 valence electrons. The quantitative estimate of drug-likeness (QED) is 0.475. The number of rotatable bonds is 4. The Hall–Kier alpha value is -3.31. The predicted octanol–water partition coefficient (Wildman–Crippen LogP) is 3.89. The molecule has 0 bridgehead atoms. The molecule has 1 N–H and O–H groups in total. The van der Waals surface area contributed by atoms with Crippen molar-refractivity contribution in [3.05, 3.63) is 82.0 Å². The Morgan fingerprint density at radius 1 is 1.06 bits per heavy atom. The molecule has 0 aliphatic rings. The largest absolute Gasteiger partial charge is 0.501 e. The first-order valence-corrected chi connectivity index (χ1v) is 10.8. The van der Waals surface area contributed by atoms with Gasteiger partial charge in [0.25, 0.3) is 9.84 Å². The van der Waals surface area contributed by atoms with Gasteiger partial charge in [0.1, 0.15) is 0 Å². The number of aromatic hydroxyl groups is 1. The monoisotopic (exact) mass is 483 g/mol. The van der Waals surface area contributed by atoms with E-state index in [1.165, 1.54) is 4.57 Å². The molecule has 4 rings (SSSR count). The first-order valence-electron chi connectivity index (χ1n) is 8.96. The molecule has 0 radical (unpaired) electrons. The highest BCUT2D eigenvalue weighted by molar-refractivity contribution is 7.92. The van der Waals surface area contributed by atoms with Gasteiger partial charge in [-0.2, -0.15) is 13.2 Å². The maximum atomic E-state index is 12.9. The van der Waals surface area contributed by atoms with Gasteiger partial charge < -0.3 is 5.11 Å². The number of nitrogens with zero attached hydrogens (tertiary/aromatic N) is 3. The van der Waals surface area contributed by atoms with Gasteiger partial charge in [-0.05, 0) is 48.0 Å². The fraction of sp³-hybridized carbons (Fsp3) is 0.100. The van der Waals surface area contributed by atoms with Gasteiger partial charge in [0.05, 0.1) is 33.9 Å². The van der Waals surface area contributed by atoms with E-state index >= 15 is 0 Å². The topological polar surface area (TPSA) is 94.2 Å². The van der Waals surface area contributed by atoms with Gasteiger partial charge in [0.15, 0.2) is 0 Å². The maximum Gasteiger partial charge on any atom is 0.501 e. The zero-order chi connectivity index (χ0) is 23.3. The van der Waals surface area contributed by atoms with Crippen LogP contribution in [0, 0.1) is 0 Å². The minimum absolute atomic E-state index is 0.00927. The van der Waals surface area contributed by atoms with Crippen LogP contribution in [0.3, 0.4) is 0 Å². The van der Waals surface area contributed by atoms with E-state index in [0.29, 0.717) is 21.5 Å². The van der Waals surface area contributed by atoms with Crippen molar-refractivity contribution in [2.75, 3.05) is 0 Å². The Balaban J connectivity index is 1.73. The lowest BCUT2D eigenvalue weighted by Crippen LogP contribution is -2.24. The van der Waals surface area contributed by atoms with Crippen molar-refractivity contribution < 1.29 is 26.7 Å². The molecule has 0 fully saturated rings. The van der Waals surface area contributed by atoms with Crippen LogP contribution in [0.5, 0.6) is 5.88 Å². The molecule has 0 saturated carbocycles. The summed E-state index contributed by atoms with van der Waals surface area (Å²) in [6, 6.07) is 10.3. The van der Waals surface area contributed by atoms with Gasteiger partial charge in [-0.1, -0.05) is 17.7 Å². The second kappa shape index (κ2) is 7.68. The van der Waals surface area contributed by atoms with Crippen molar-refractivity contribution in [2.45, 2.75) is 16.9 Å². The summed E-state index contributed by atoms with van der Waals surface area (Å²) in [4.78, 5) is 16.1. The molecule has 32 heavy (non-hydrogen) atoms. The SMILES string of the molecule is O=c1n(Cc2ccnc3cccc(Cl)c23)cc(O)n1-c1ccc(S(=O)(=O)C(F)(F)F)cc1. The molecule has 0 aliphatic carbocycles. The number of sulfone groups is 1. The molecule has 0 aliphatic heterocycles. The number of benzene rings is 2. The Morgan fingerprint density at radius 3 is 2.41 bits per heavy atom. The standard InChI is InChI=1S/C20H13ClF3N3O4S/c21-15-2-1-3-16-18(15)12(8-9-25-16)10-26-11-17(28)27(19(26)29)13-4-6-14(7-5-13)32(30,31)20(22,23)24/h1-9,11,28H,10H2. The van der Waals surface area contributed by atoms with E-state index in [4.69, 9.17) is 11.6 Å². The van der Waals surface area contributed by atoms with Gasteiger partial charge in [-0.3, -0.25) is 9.55 Å². The first-order chi connectivity index (χ1) is 15.0. The Morgan fingerprint density at radius 2 is 1.75 bits per heavy atom. The van der Waals surface area contributed by atoms with Crippen molar-refractivity contribution in [2.24, 2.45) is 0 Å². The van der Waals surface area contributed by atoms with E-state index in [-0.39, 0.29) is 12.2 Å². The summed E-state index contributed by atoms with van der Waals surface area (Å²) < 4.78 is 63.2. The lowest BCUT2D eigenvalue weighted by Gasteiger charge is -2.09. The molecular formula is C20H13ClF3N3O4S. The molecule has 0 atom stereocenters. The third-order valence-corrected chi connectivity index (χ3v) is 6.61. The van der Waals surface area contributed by atoms with E-state index in [1.54, 1.807) is 30.5 Å². The minimum Gasteiger partial charge on any atom is -0.493 e. The van der Waals surface area contributed by atoms with Crippen LogP contribution in [0.25, 0.3) is 16.6 Å². The summed E-state index contributed by atoms with van der Waals surface area (Å²) in [7, 11) is -5.53. The molecule has 0 saturated heterocycles. The highest BCUT2D eigenvalue weighted by atomic mass is 35.5. The van der Waals surface area contributed by atoms with Crippen molar-refractivity contribution in [1.82, 2.24) is 14.1 Å². The average molecular weight is 484 g/mol. The molecule has 2 aromatic carbocycles. The van der Waals surface area contributed by atoms with Crippen LogP contribution in [0.4, 0.5) is 13.2 Å². The number of aromatic nitrogens is 3. The van der Waals surface area contributed by atoms with Crippen LogP contribution in [0.15, 0.2) is 70.6 Å². The number of alkyl halides is 3. The fourth-order valence-corrected chi connectivity index (χ4v) is 4.34. The highest BCUT2D eigenvalue weighted by Crippen LogP contribution is 2.31. The van der Waals surface area contributed by atoms with E-state index in [2.05, 4.69) is 4.98 Å². The maximum absolute atomic E-state index is 12.9. The summed E-state index contributed by atoms with van der Waals surface area (Å²) in [5.41, 5.74) is -4.87. The lowest BCUT2D eigenvalue weighted by atomic mass is 10.1. The van der Waals surface area contributed by atoms with Gasteiger partial charge in [0, 0.05) is 11.6 Å². The second-order valence-corrected chi connectivity index (χ2v) is 9.13. The lowest BCUT2D eigenvalue weighted by molar-refractivity contribution is -0.0436. The van der Waals surface area contributed by atoms with Crippen molar-refractivity contribution in [3.8, 4) is 11.6 Å². The van der Waals surface area contributed by atoms with Gasteiger partial charge >= 0.3 is 11.2 Å². The number of hydrogen-bond acceptors (Lipinski definition) is 5. The van der Waals surface area contributed by atoms with E-state index < -0.39 is 31.8 Å². The molecule has 7 nitrogen and oxygen atoms in total. The van der Waals surface area contributed by atoms with Crippen molar-refractivity contribution in [3.63, 3.8) is 0 Å². The Bertz CT molecular complexity index is 1490. The second-order valence-electron chi connectivity index (χ2n) is 6.78. The van der Waals surface area contributed by atoms with Crippen molar-refractivity contribution >= 4 is 32.3 Å². The summed E-state index contributed by atoms with van der Waals surface area (Å²) in [6.45, 7) is 0.0304. The van der Waals surface area contributed by atoms with Crippen LogP contribution >= 0.6 is 11.6 Å². The molecule has 2 heterocycles.